The zero-order chi connectivity index (χ0) is 21.8. The summed E-state index contributed by atoms with van der Waals surface area (Å²) in [5, 5.41) is 6.14. The molecule has 0 radical (unpaired) electrons. The zero-order valence-electron chi connectivity index (χ0n) is 18.1. The van der Waals surface area contributed by atoms with Crippen molar-refractivity contribution >= 4 is 21.4 Å². The Labute approximate surface area is 174 Å². The topological polar surface area (TPSA) is 75.3 Å². The van der Waals surface area contributed by atoms with Crippen LogP contribution in [0.4, 0.5) is 5.69 Å². The monoisotopic (exact) mass is 416 g/mol. The van der Waals surface area contributed by atoms with Crippen LogP contribution >= 0.6 is 0 Å². The summed E-state index contributed by atoms with van der Waals surface area (Å²) in [4.78, 5) is 12.6. The summed E-state index contributed by atoms with van der Waals surface area (Å²) in [6, 6.07) is 14.8. The number of hydrogen-bond acceptors (Lipinski definition) is 4. The van der Waals surface area contributed by atoms with Gasteiger partial charge in [0.05, 0.1) is 11.4 Å². The smallest absolute Gasteiger partial charge is 0.238 e. The number of hydrogen-bond donors (Lipinski definition) is 2. The molecule has 0 aliphatic rings. The van der Waals surface area contributed by atoms with E-state index in [2.05, 4.69) is 69.5 Å². The van der Waals surface area contributed by atoms with Crippen LogP contribution in [0.2, 0.25) is 0 Å². The molecule has 0 saturated carbocycles. The van der Waals surface area contributed by atoms with Crippen LogP contribution < -0.4 is 10.6 Å². The molecule has 1 atom stereocenters. The quantitative estimate of drug-likeness (QED) is 0.705. The molecule has 29 heavy (non-hydrogen) atoms. The lowest BCUT2D eigenvalue weighted by Crippen LogP contribution is -2.33. The van der Waals surface area contributed by atoms with Gasteiger partial charge in [-0.25, -0.2) is 8.42 Å². The van der Waals surface area contributed by atoms with Gasteiger partial charge < -0.3 is 10.6 Å². The molecule has 0 fully saturated rings. The van der Waals surface area contributed by atoms with Crippen LogP contribution in [0, 0.1) is 5.92 Å². The maximum Gasteiger partial charge on any atom is 0.238 e. The summed E-state index contributed by atoms with van der Waals surface area (Å²) in [6.07, 6.45) is 1.16. The molecule has 0 heterocycles. The molecule has 0 saturated heterocycles. The van der Waals surface area contributed by atoms with E-state index in [0.29, 0.717) is 11.6 Å². The normalized spacial score (nSPS) is 13.3. The molecular formula is C23H32N2O3S. The SMILES string of the molecule is CC(C)C(NCC(=O)Nc1ccc(S(C)(=O)=O)cc1)c1ccc(C(C)(C)C)cc1. The predicted molar refractivity (Wildman–Crippen MR) is 119 cm³/mol. The standard InChI is InChI=1S/C23H32N2O3S/c1-16(2)22(17-7-9-18(10-8-17)23(3,4)5)24-15-21(26)25-19-11-13-20(14-12-19)29(6,27)28/h7-14,16,22,24H,15H2,1-6H3,(H,25,26). The average molecular weight is 417 g/mol. The first kappa shape index (κ1) is 23.1. The maximum absolute atomic E-state index is 12.3. The van der Waals surface area contributed by atoms with Crippen molar-refractivity contribution in [3.63, 3.8) is 0 Å². The second kappa shape index (κ2) is 9.09. The third kappa shape index (κ3) is 6.68. The van der Waals surface area contributed by atoms with Gasteiger partial charge in [0.1, 0.15) is 0 Å². The number of anilines is 1. The van der Waals surface area contributed by atoms with E-state index in [0.717, 1.165) is 11.8 Å². The molecule has 0 bridgehead atoms. The van der Waals surface area contributed by atoms with E-state index in [1.165, 1.54) is 17.7 Å². The molecule has 2 rings (SSSR count). The summed E-state index contributed by atoms with van der Waals surface area (Å²) in [5.41, 5.74) is 3.10. The molecule has 0 aliphatic carbocycles. The van der Waals surface area contributed by atoms with Gasteiger partial charge in [-0.3, -0.25) is 4.79 Å². The second-order valence-corrected chi connectivity index (χ2v) is 10.8. The fourth-order valence-corrected chi connectivity index (χ4v) is 3.75. The molecule has 2 aromatic rings. The van der Waals surface area contributed by atoms with E-state index < -0.39 is 9.84 Å². The number of carbonyl (C=O) groups excluding carboxylic acids is 1. The fourth-order valence-electron chi connectivity index (χ4n) is 3.12. The van der Waals surface area contributed by atoms with Crippen molar-refractivity contribution in [1.82, 2.24) is 5.32 Å². The summed E-state index contributed by atoms with van der Waals surface area (Å²) in [6.45, 7) is 11.0. The molecule has 0 aliphatic heterocycles. The highest BCUT2D eigenvalue weighted by molar-refractivity contribution is 7.90. The fraction of sp³-hybridized carbons (Fsp3) is 0.435. The minimum Gasteiger partial charge on any atom is -0.325 e. The van der Waals surface area contributed by atoms with Crippen molar-refractivity contribution in [1.29, 1.82) is 0 Å². The molecule has 1 unspecified atom stereocenters. The van der Waals surface area contributed by atoms with Crippen LogP contribution in [0.1, 0.15) is 51.8 Å². The van der Waals surface area contributed by atoms with Crippen LogP contribution in [0.5, 0.6) is 0 Å². The molecule has 6 heteroatoms. The molecular weight excluding hydrogens is 384 g/mol. The lowest BCUT2D eigenvalue weighted by molar-refractivity contribution is -0.115. The number of nitrogens with one attached hydrogen (secondary N) is 2. The maximum atomic E-state index is 12.3. The van der Waals surface area contributed by atoms with Gasteiger partial charge in [-0.15, -0.1) is 0 Å². The highest BCUT2D eigenvalue weighted by Crippen LogP contribution is 2.26. The van der Waals surface area contributed by atoms with Crippen molar-refractivity contribution < 1.29 is 13.2 Å². The Morgan fingerprint density at radius 1 is 0.966 bits per heavy atom. The van der Waals surface area contributed by atoms with Crippen LogP contribution in [0.3, 0.4) is 0 Å². The number of benzene rings is 2. The van der Waals surface area contributed by atoms with Gasteiger partial charge in [0, 0.05) is 18.0 Å². The van der Waals surface area contributed by atoms with Crippen LogP contribution in [0.15, 0.2) is 53.4 Å². The Balaban J connectivity index is 2.00. The Kier molecular flexibility index (Phi) is 7.25. The van der Waals surface area contributed by atoms with E-state index in [-0.39, 0.29) is 28.8 Å². The van der Waals surface area contributed by atoms with Crippen LogP contribution in [-0.4, -0.2) is 27.1 Å². The van der Waals surface area contributed by atoms with Gasteiger partial charge in [-0.1, -0.05) is 58.9 Å². The number of amides is 1. The van der Waals surface area contributed by atoms with Gasteiger partial charge in [0.25, 0.3) is 0 Å². The summed E-state index contributed by atoms with van der Waals surface area (Å²) in [5.74, 6) is 0.145. The van der Waals surface area contributed by atoms with Crippen LogP contribution in [-0.2, 0) is 20.0 Å². The first-order valence-corrected chi connectivity index (χ1v) is 11.7. The second-order valence-electron chi connectivity index (χ2n) is 8.82. The molecule has 1 amide bonds. The van der Waals surface area contributed by atoms with Crippen LogP contribution in [0.25, 0.3) is 0 Å². The first-order chi connectivity index (χ1) is 13.4. The van der Waals surface area contributed by atoms with Gasteiger partial charge in [0.15, 0.2) is 9.84 Å². The lowest BCUT2D eigenvalue weighted by Gasteiger charge is -2.25. The van der Waals surface area contributed by atoms with Gasteiger partial charge >= 0.3 is 0 Å². The van der Waals surface area contributed by atoms with Crippen molar-refractivity contribution in [2.75, 3.05) is 18.1 Å². The molecule has 158 valence electrons. The number of carbonyl (C=O) groups is 1. The largest absolute Gasteiger partial charge is 0.325 e. The van der Waals surface area contributed by atoms with E-state index >= 15 is 0 Å². The minimum atomic E-state index is -3.25. The molecule has 0 spiro atoms. The van der Waals surface area contributed by atoms with Crippen molar-refractivity contribution in [2.45, 2.75) is 51.0 Å². The Morgan fingerprint density at radius 3 is 1.97 bits per heavy atom. The van der Waals surface area contributed by atoms with E-state index in [9.17, 15) is 13.2 Å². The minimum absolute atomic E-state index is 0.0578. The lowest BCUT2D eigenvalue weighted by atomic mass is 9.85. The first-order valence-electron chi connectivity index (χ1n) is 9.82. The van der Waals surface area contributed by atoms with Gasteiger partial charge in [-0.2, -0.15) is 0 Å². The number of sulfone groups is 1. The Morgan fingerprint density at radius 2 is 1.52 bits per heavy atom. The van der Waals surface area contributed by atoms with E-state index in [1.54, 1.807) is 12.1 Å². The Bertz CT molecular complexity index is 926. The summed E-state index contributed by atoms with van der Waals surface area (Å²) < 4.78 is 23.0. The summed E-state index contributed by atoms with van der Waals surface area (Å²) >= 11 is 0. The van der Waals surface area contributed by atoms with Crippen molar-refractivity contribution in [3.8, 4) is 0 Å². The van der Waals surface area contributed by atoms with Crippen molar-refractivity contribution in [3.05, 3.63) is 59.7 Å². The van der Waals surface area contributed by atoms with Gasteiger partial charge in [0.2, 0.25) is 5.91 Å². The third-order valence-electron chi connectivity index (χ3n) is 4.85. The Hall–Kier alpha value is -2.18. The van der Waals surface area contributed by atoms with E-state index in [1.807, 2.05) is 0 Å². The molecule has 0 aromatic heterocycles. The third-order valence-corrected chi connectivity index (χ3v) is 5.98. The summed E-state index contributed by atoms with van der Waals surface area (Å²) in [7, 11) is -3.25. The zero-order valence-corrected chi connectivity index (χ0v) is 18.9. The average Bonchev–Trinajstić information content (AvgIpc) is 2.61. The molecule has 2 aromatic carbocycles. The number of rotatable bonds is 7. The molecule has 5 nitrogen and oxygen atoms in total. The van der Waals surface area contributed by atoms with E-state index in [4.69, 9.17) is 0 Å². The highest BCUT2D eigenvalue weighted by atomic mass is 32.2. The predicted octanol–water partition coefficient (Wildman–Crippen LogP) is 4.31. The van der Waals surface area contributed by atoms with Gasteiger partial charge in [-0.05, 0) is 46.7 Å². The van der Waals surface area contributed by atoms with Crippen molar-refractivity contribution in [2.24, 2.45) is 5.92 Å². The molecule has 2 N–H and O–H groups in total. The highest BCUT2D eigenvalue weighted by Gasteiger charge is 2.19.